The smallest absolute Gasteiger partial charge is 0.123 e. The zero-order chi connectivity index (χ0) is 23.3. The lowest BCUT2D eigenvalue weighted by molar-refractivity contribution is 0.171. The molecular formula is C28H35N5O. The van der Waals surface area contributed by atoms with Crippen LogP contribution in [0.5, 0.6) is 5.75 Å². The highest BCUT2D eigenvalue weighted by Gasteiger charge is 2.21. The van der Waals surface area contributed by atoms with Crippen LogP contribution in [0.15, 0.2) is 61.3 Å². The Morgan fingerprint density at radius 1 is 1.09 bits per heavy atom. The Morgan fingerprint density at radius 2 is 1.91 bits per heavy atom. The number of hydrogen-bond acceptors (Lipinski definition) is 4. The van der Waals surface area contributed by atoms with E-state index in [0.29, 0.717) is 5.92 Å². The van der Waals surface area contributed by atoms with Crippen LogP contribution in [-0.2, 0) is 6.42 Å². The molecule has 2 aromatic carbocycles. The minimum atomic E-state index is 0.525. The Labute approximate surface area is 202 Å². The Balaban J connectivity index is 1.09. The normalized spacial score (nSPS) is 16.2. The van der Waals surface area contributed by atoms with Gasteiger partial charge in [0, 0.05) is 29.3 Å². The van der Waals surface area contributed by atoms with Crippen molar-refractivity contribution >= 4 is 10.9 Å². The molecule has 0 saturated carbocycles. The molecule has 1 atom stereocenters. The summed E-state index contributed by atoms with van der Waals surface area (Å²) in [5, 5.41) is 9.17. The molecule has 0 radical (unpaired) electrons. The number of nitrogens with one attached hydrogen (secondary N) is 1. The summed E-state index contributed by atoms with van der Waals surface area (Å²) in [6.45, 7) is 5.89. The lowest BCUT2D eigenvalue weighted by atomic mass is 9.90. The summed E-state index contributed by atoms with van der Waals surface area (Å²) in [4.78, 5) is 6.08. The zero-order valence-electron chi connectivity index (χ0n) is 20.3. The van der Waals surface area contributed by atoms with Gasteiger partial charge in [-0.05, 0) is 92.1 Å². The van der Waals surface area contributed by atoms with Crippen LogP contribution >= 0.6 is 0 Å². The van der Waals surface area contributed by atoms with Gasteiger partial charge >= 0.3 is 0 Å². The molecule has 4 aromatic rings. The van der Waals surface area contributed by atoms with Gasteiger partial charge in [-0.3, -0.25) is 4.57 Å². The Kier molecular flexibility index (Phi) is 6.95. The summed E-state index contributed by atoms with van der Waals surface area (Å²) in [5.74, 6) is 2.32. The third kappa shape index (κ3) is 5.17. The molecule has 3 heterocycles. The number of H-pyrrole nitrogens is 1. The van der Waals surface area contributed by atoms with Gasteiger partial charge in [0.2, 0.25) is 0 Å². The van der Waals surface area contributed by atoms with Crippen LogP contribution in [0.3, 0.4) is 0 Å². The molecule has 1 aliphatic heterocycles. The van der Waals surface area contributed by atoms with Crippen LogP contribution in [0.4, 0.5) is 0 Å². The second-order valence-corrected chi connectivity index (χ2v) is 9.73. The monoisotopic (exact) mass is 457 g/mol. The molecule has 0 aliphatic carbocycles. The number of fused-ring (bicyclic) bond motifs is 1. The average molecular weight is 458 g/mol. The molecule has 5 rings (SSSR count). The highest BCUT2D eigenvalue weighted by atomic mass is 16.5. The van der Waals surface area contributed by atoms with E-state index >= 15 is 0 Å². The molecule has 6 nitrogen and oxygen atoms in total. The molecule has 178 valence electrons. The fourth-order valence-corrected chi connectivity index (χ4v) is 5.35. The molecule has 1 saturated heterocycles. The maximum atomic E-state index is 5.40. The van der Waals surface area contributed by atoms with Gasteiger partial charge in [-0.15, -0.1) is 10.2 Å². The van der Waals surface area contributed by atoms with Crippen LogP contribution in [0, 0.1) is 5.92 Å². The van der Waals surface area contributed by atoms with Gasteiger partial charge in [0.05, 0.1) is 7.11 Å². The van der Waals surface area contributed by atoms with E-state index in [9.17, 15) is 0 Å². The minimum Gasteiger partial charge on any atom is -0.497 e. The van der Waals surface area contributed by atoms with Crippen molar-refractivity contribution in [3.63, 3.8) is 0 Å². The van der Waals surface area contributed by atoms with Crippen molar-refractivity contribution in [2.75, 3.05) is 26.7 Å². The van der Waals surface area contributed by atoms with E-state index in [0.717, 1.165) is 30.3 Å². The molecule has 6 heteroatoms. The summed E-state index contributed by atoms with van der Waals surface area (Å²) in [6.07, 6.45) is 12.0. The summed E-state index contributed by atoms with van der Waals surface area (Å²) in [7, 11) is 1.74. The lowest BCUT2D eigenvalue weighted by Gasteiger charge is -2.33. The number of likely N-dealkylation sites (tertiary alicyclic amines) is 1. The molecular weight excluding hydrogens is 422 g/mol. The standard InChI is InChI=1S/C28H35N5O/c1-21(23-6-4-8-26(15-23)34-2)18-32-13-11-22(12-14-32)5-3-7-24-17-29-28-10-9-25(16-27(24)28)33-19-30-31-20-33/h4,6,8-10,15-17,19-22,29H,3,5,7,11-14,18H2,1-2H3. The second-order valence-electron chi connectivity index (χ2n) is 9.73. The number of piperidine rings is 1. The fourth-order valence-electron chi connectivity index (χ4n) is 5.35. The van der Waals surface area contributed by atoms with Crippen molar-refractivity contribution in [2.24, 2.45) is 5.92 Å². The summed E-state index contributed by atoms with van der Waals surface area (Å²) >= 11 is 0. The van der Waals surface area contributed by atoms with Gasteiger partial charge in [0.25, 0.3) is 0 Å². The van der Waals surface area contributed by atoms with Gasteiger partial charge in [0.1, 0.15) is 18.4 Å². The second kappa shape index (κ2) is 10.4. The number of methoxy groups -OCH3 is 1. The molecule has 0 spiro atoms. The quantitative estimate of drug-likeness (QED) is 0.356. The van der Waals surface area contributed by atoms with Crippen molar-refractivity contribution in [3.8, 4) is 11.4 Å². The first kappa shape index (κ1) is 22.7. The number of aromatic nitrogens is 4. The largest absolute Gasteiger partial charge is 0.497 e. The van der Waals surface area contributed by atoms with E-state index in [1.807, 2.05) is 10.6 Å². The van der Waals surface area contributed by atoms with E-state index < -0.39 is 0 Å². The molecule has 0 amide bonds. The molecule has 1 unspecified atom stereocenters. The molecule has 34 heavy (non-hydrogen) atoms. The van der Waals surface area contributed by atoms with Gasteiger partial charge in [0.15, 0.2) is 0 Å². The van der Waals surface area contributed by atoms with Crippen molar-refractivity contribution < 1.29 is 4.74 Å². The highest BCUT2D eigenvalue weighted by Crippen LogP contribution is 2.28. The number of ether oxygens (including phenoxy) is 1. The maximum Gasteiger partial charge on any atom is 0.123 e. The predicted octanol–water partition coefficient (Wildman–Crippen LogP) is 5.60. The number of rotatable bonds is 9. The van der Waals surface area contributed by atoms with Crippen LogP contribution in [0.25, 0.3) is 16.6 Å². The van der Waals surface area contributed by atoms with E-state index in [4.69, 9.17) is 4.74 Å². The summed E-state index contributed by atoms with van der Waals surface area (Å²) in [6, 6.07) is 15.0. The maximum absolute atomic E-state index is 5.40. The predicted molar refractivity (Wildman–Crippen MR) is 137 cm³/mol. The molecule has 1 aliphatic rings. The van der Waals surface area contributed by atoms with Crippen molar-refractivity contribution in [1.29, 1.82) is 0 Å². The van der Waals surface area contributed by atoms with Gasteiger partial charge in [-0.25, -0.2) is 0 Å². The molecule has 1 fully saturated rings. The zero-order valence-corrected chi connectivity index (χ0v) is 20.3. The van der Waals surface area contributed by atoms with Gasteiger partial charge in [-0.1, -0.05) is 25.5 Å². The number of aryl methyl sites for hydroxylation is 1. The molecule has 1 N–H and O–H groups in total. The number of hydrogen-bond donors (Lipinski definition) is 1. The van der Waals surface area contributed by atoms with Crippen LogP contribution < -0.4 is 4.74 Å². The highest BCUT2D eigenvalue weighted by molar-refractivity contribution is 5.85. The topological polar surface area (TPSA) is 59.0 Å². The fraction of sp³-hybridized carbons (Fsp3) is 0.429. The van der Waals surface area contributed by atoms with Crippen LogP contribution in [0.1, 0.15) is 49.7 Å². The number of benzene rings is 2. The SMILES string of the molecule is COc1cccc(C(C)CN2CCC(CCCc3c[nH]c4ccc(-n5cnnc5)cc34)CC2)c1. The third-order valence-electron chi connectivity index (χ3n) is 7.43. The summed E-state index contributed by atoms with van der Waals surface area (Å²) in [5.41, 5.74) is 5.08. The first-order valence-corrected chi connectivity index (χ1v) is 12.5. The third-order valence-corrected chi connectivity index (χ3v) is 7.43. The van der Waals surface area contributed by atoms with Crippen LogP contribution in [-0.4, -0.2) is 51.4 Å². The Bertz CT molecular complexity index is 1190. The Morgan fingerprint density at radius 3 is 2.71 bits per heavy atom. The molecule has 2 aromatic heterocycles. The van der Waals surface area contributed by atoms with E-state index in [1.54, 1.807) is 19.8 Å². The Hall–Kier alpha value is -3.12. The summed E-state index contributed by atoms with van der Waals surface area (Å²) < 4.78 is 7.36. The first-order valence-electron chi connectivity index (χ1n) is 12.5. The average Bonchev–Trinajstić information content (AvgIpc) is 3.55. The van der Waals surface area contributed by atoms with E-state index in [2.05, 4.69) is 69.6 Å². The van der Waals surface area contributed by atoms with Crippen LogP contribution in [0.2, 0.25) is 0 Å². The number of aromatic amines is 1. The van der Waals surface area contributed by atoms with Crippen molar-refractivity contribution in [2.45, 2.75) is 44.9 Å². The lowest BCUT2D eigenvalue weighted by Crippen LogP contribution is -2.36. The van der Waals surface area contributed by atoms with Gasteiger partial charge < -0.3 is 14.6 Å². The van der Waals surface area contributed by atoms with E-state index in [1.165, 1.54) is 60.8 Å². The van der Waals surface area contributed by atoms with Crippen molar-refractivity contribution in [1.82, 2.24) is 24.6 Å². The minimum absolute atomic E-state index is 0.525. The first-order chi connectivity index (χ1) is 16.7. The number of nitrogens with zero attached hydrogens (tertiary/aromatic N) is 4. The van der Waals surface area contributed by atoms with Crippen molar-refractivity contribution in [3.05, 3.63) is 72.4 Å². The van der Waals surface area contributed by atoms with E-state index in [-0.39, 0.29) is 0 Å². The molecule has 0 bridgehead atoms. The van der Waals surface area contributed by atoms with Gasteiger partial charge in [-0.2, -0.15) is 0 Å².